The van der Waals surface area contributed by atoms with E-state index in [2.05, 4.69) is 26.8 Å². The first-order valence-electron chi connectivity index (χ1n) is 15.2. The Kier molecular flexibility index (Phi) is 9.04. The van der Waals surface area contributed by atoms with Crippen LogP contribution in [0.1, 0.15) is 131 Å². The van der Waals surface area contributed by atoms with E-state index >= 15 is 0 Å². The molecule has 2 nitrogen and oxygen atoms in total. The zero-order valence-electron chi connectivity index (χ0n) is 23.4. The molecule has 0 spiro atoms. The molecule has 200 valence electrons. The number of fused-ring (bicyclic) bond motifs is 5. The third-order valence-corrected chi connectivity index (χ3v) is 11.9. The van der Waals surface area contributed by atoms with E-state index in [0.29, 0.717) is 10.8 Å². The van der Waals surface area contributed by atoms with Crippen LogP contribution in [-0.4, -0.2) is 17.5 Å². The summed E-state index contributed by atoms with van der Waals surface area (Å²) in [5.41, 5.74) is 2.47. The molecule has 0 radical (unpaired) electrons. The minimum atomic E-state index is -0.532. The molecule has 3 fully saturated rings. The van der Waals surface area contributed by atoms with Gasteiger partial charge in [-0.2, -0.15) is 0 Å². The lowest BCUT2D eigenvalue weighted by atomic mass is 9.47. The number of carbonyl (C=O) groups is 1. The molecule has 0 aliphatic heterocycles. The number of alkyl halides is 1. The number of esters is 1. The zero-order chi connectivity index (χ0) is 25.2. The third kappa shape index (κ3) is 5.53. The Balaban J connectivity index is 1.36. The monoisotopic (exact) mass is 504 g/mol. The first kappa shape index (κ1) is 27.5. The minimum absolute atomic E-state index is 0.0143. The zero-order valence-corrected chi connectivity index (χ0v) is 24.2. The standard InChI is InChI=1S/C32H53ClO2/c1-6-7-8-9-10-11-12-23-14-16-27-26-15-13-24-21-25(35-30(34)29(33)22(2)3)17-19-32(24,5)28(26)18-20-31(23,27)4/h13,22-23,25-29H,6-12,14-21H2,1-5H3/t23-,25+,26+,27-,28+,29+,31-,32+/m1/s1. The lowest BCUT2D eigenvalue weighted by Crippen LogP contribution is -2.50. The summed E-state index contributed by atoms with van der Waals surface area (Å²) in [5.74, 6) is 3.45. The molecule has 0 aromatic heterocycles. The van der Waals surface area contributed by atoms with Crippen LogP contribution >= 0.6 is 11.6 Å². The van der Waals surface area contributed by atoms with Gasteiger partial charge in [0.2, 0.25) is 0 Å². The smallest absolute Gasteiger partial charge is 0.324 e. The van der Waals surface area contributed by atoms with Gasteiger partial charge in [-0.05, 0) is 91.8 Å². The van der Waals surface area contributed by atoms with Crippen LogP contribution in [0.4, 0.5) is 0 Å². The Hall–Kier alpha value is -0.500. The minimum Gasteiger partial charge on any atom is -0.461 e. The summed E-state index contributed by atoms with van der Waals surface area (Å²) in [5, 5.41) is -0.532. The Morgan fingerprint density at radius 1 is 1.03 bits per heavy atom. The van der Waals surface area contributed by atoms with E-state index in [0.717, 1.165) is 42.9 Å². The highest BCUT2D eigenvalue weighted by atomic mass is 35.5. The molecule has 0 unspecified atom stereocenters. The largest absolute Gasteiger partial charge is 0.461 e. The maximum atomic E-state index is 12.5. The van der Waals surface area contributed by atoms with Crippen molar-refractivity contribution >= 4 is 17.6 Å². The molecule has 0 amide bonds. The quantitative estimate of drug-likeness (QED) is 0.128. The fourth-order valence-corrected chi connectivity index (χ4v) is 9.04. The topological polar surface area (TPSA) is 26.3 Å². The molecule has 0 bridgehead atoms. The van der Waals surface area contributed by atoms with Crippen molar-refractivity contribution in [2.45, 2.75) is 142 Å². The van der Waals surface area contributed by atoms with Crippen molar-refractivity contribution in [3.05, 3.63) is 11.6 Å². The fourth-order valence-electron chi connectivity index (χ4n) is 8.98. The maximum absolute atomic E-state index is 12.5. The van der Waals surface area contributed by atoms with Gasteiger partial charge in [0, 0.05) is 6.42 Å². The summed E-state index contributed by atoms with van der Waals surface area (Å²) in [7, 11) is 0. The first-order valence-corrected chi connectivity index (χ1v) is 15.7. The average Bonchev–Trinajstić information content (AvgIpc) is 3.17. The van der Waals surface area contributed by atoms with Crippen LogP contribution in [-0.2, 0) is 9.53 Å². The van der Waals surface area contributed by atoms with Gasteiger partial charge in [-0.25, -0.2) is 0 Å². The second-order valence-corrected chi connectivity index (χ2v) is 14.1. The molecule has 0 heterocycles. The molecule has 0 N–H and O–H groups in total. The molecule has 0 aromatic rings. The highest BCUT2D eigenvalue weighted by molar-refractivity contribution is 6.30. The van der Waals surface area contributed by atoms with Gasteiger partial charge >= 0.3 is 5.97 Å². The number of rotatable bonds is 10. The highest BCUT2D eigenvalue weighted by Crippen LogP contribution is 2.66. The van der Waals surface area contributed by atoms with E-state index < -0.39 is 5.38 Å². The van der Waals surface area contributed by atoms with E-state index in [-0.39, 0.29) is 18.0 Å². The second-order valence-electron chi connectivity index (χ2n) is 13.6. The van der Waals surface area contributed by atoms with Crippen LogP contribution < -0.4 is 0 Å². The first-order chi connectivity index (χ1) is 16.7. The summed E-state index contributed by atoms with van der Waals surface area (Å²) >= 11 is 6.29. The number of ether oxygens (including phenoxy) is 1. The number of halogens is 1. The van der Waals surface area contributed by atoms with E-state index in [1.165, 1.54) is 77.0 Å². The van der Waals surface area contributed by atoms with E-state index in [9.17, 15) is 4.79 Å². The van der Waals surface area contributed by atoms with Crippen LogP contribution in [0.15, 0.2) is 11.6 Å². The van der Waals surface area contributed by atoms with E-state index in [1.807, 2.05) is 13.8 Å². The van der Waals surface area contributed by atoms with Crippen molar-refractivity contribution < 1.29 is 9.53 Å². The summed E-state index contributed by atoms with van der Waals surface area (Å²) in [4.78, 5) is 12.5. The predicted octanol–water partition coefficient (Wildman–Crippen LogP) is 9.49. The summed E-state index contributed by atoms with van der Waals surface area (Å²) in [6, 6.07) is 0. The Labute approximate surface area is 221 Å². The molecule has 4 aliphatic carbocycles. The van der Waals surface area contributed by atoms with Gasteiger partial charge in [0.05, 0.1) is 0 Å². The predicted molar refractivity (Wildman–Crippen MR) is 148 cm³/mol. The van der Waals surface area contributed by atoms with Crippen molar-refractivity contribution in [3.8, 4) is 0 Å². The van der Waals surface area contributed by atoms with Crippen molar-refractivity contribution in [1.29, 1.82) is 0 Å². The molecular formula is C32H53ClO2. The van der Waals surface area contributed by atoms with Gasteiger partial charge < -0.3 is 4.74 Å². The Morgan fingerprint density at radius 2 is 1.77 bits per heavy atom. The van der Waals surface area contributed by atoms with Crippen molar-refractivity contribution in [2.24, 2.45) is 40.4 Å². The lowest BCUT2D eigenvalue weighted by molar-refractivity contribution is -0.151. The highest BCUT2D eigenvalue weighted by Gasteiger charge is 2.58. The van der Waals surface area contributed by atoms with Crippen molar-refractivity contribution in [1.82, 2.24) is 0 Å². The molecule has 3 saturated carbocycles. The third-order valence-electron chi connectivity index (χ3n) is 11.3. The van der Waals surface area contributed by atoms with Gasteiger partial charge in [-0.15, -0.1) is 11.6 Å². The molecule has 35 heavy (non-hydrogen) atoms. The van der Waals surface area contributed by atoms with Crippen LogP contribution in [0, 0.1) is 40.4 Å². The van der Waals surface area contributed by atoms with Gasteiger partial charge in [0.1, 0.15) is 11.5 Å². The van der Waals surface area contributed by atoms with Gasteiger partial charge in [-0.3, -0.25) is 4.79 Å². The summed E-state index contributed by atoms with van der Waals surface area (Å²) in [6.07, 6.45) is 22.7. The van der Waals surface area contributed by atoms with Crippen molar-refractivity contribution in [3.63, 3.8) is 0 Å². The molecule has 0 aromatic carbocycles. The lowest BCUT2D eigenvalue weighted by Gasteiger charge is -2.58. The molecule has 8 atom stereocenters. The Morgan fingerprint density at radius 3 is 2.51 bits per heavy atom. The number of unbranched alkanes of at least 4 members (excludes halogenated alkanes) is 5. The van der Waals surface area contributed by atoms with Crippen LogP contribution in [0.2, 0.25) is 0 Å². The average molecular weight is 505 g/mol. The number of hydrogen-bond donors (Lipinski definition) is 0. The number of carbonyl (C=O) groups excluding carboxylic acids is 1. The summed E-state index contributed by atoms with van der Waals surface area (Å²) < 4.78 is 5.90. The van der Waals surface area contributed by atoms with Gasteiger partial charge in [-0.1, -0.05) is 84.8 Å². The maximum Gasteiger partial charge on any atom is 0.324 e. The number of allylic oxidation sites excluding steroid dienone is 1. The van der Waals surface area contributed by atoms with Gasteiger partial charge in [0.25, 0.3) is 0 Å². The normalized spacial score (nSPS) is 39.4. The van der Waals surface area contributed by atoms with Crippen LogP contribution in [0.5, 0.6) is 0 Å². The number of hydrogen-bond acceptors (Lipinski definition) is 2. The van der Waals surface area contributed by atoms with Crippen LogP contribution in [0.3, 0.4) is 0 Å². The van der Waals surface area contributed by atoms with Crippen LogP contribution in [0.25, 0.3) is 0 Å². The molecule has 3 heteroatoms. The molecule has 0 saturated heterocycles. The fraction of sp³-hybridized carbons (Fsp3) is 0.906. The Bertz CT molecular complexity index is 759. The SMILES string of the molecule is CCCCCCCC[C@@H]1CC[C@@H]2[C@@H]3CC=C4C[C@@H](OC(=O)[C@@H](Cl)C(C)C)CC[C@]4(C)[C@H]3CC[C@]12C. The van der Waals surface area contributed by atoms with Crippen molar-refractivity contribution in [2.75, 3.05) is 0 Å². The molecule has 4 aliphatic rings. The van der Waals surface area contributed by atoms with E-state index in [1.54, 1.807) is 5.57 Å². The molecule has 4 rings (SSSR count). The summed E-state index contributed by atoms with van der Waals surface area (Å²) in [6.45, 7) is 11.5. The second kappa shape index (κ2) is 11.5. The van der Waals surface area contributed by atoms with Gasteiger partial charge in [0.15, 0.2) is 0 Å². The van der Waals surface area contributed by atoms with E-state index in [4.69, 9.17) is 16.3 Å². The molecular weight excluding hydrogens is 452 g/mol.